The first kappa shape index (κ1) is 20.6. The number of nitrogens with one attached hydrogen (secondary N) is 1. The molecule has 0 fully saturated rings. The normalized spacial score (nSPS) is 11.2. The van der Waals surface area contributed by atoms with Crippen molar-refractivity contribution in [3.05, 3.63) is 72.3 Å². The quantitative estimate of drug-likeness (QED) is 0.429. The zero-order valence-electron chi connectivity index (χ0n) is 18.3. The van der Waals surface area contributed by atoms with Crippen LogP contribution in [0.5, 0.6) is 5.75 Å². The molecule has 0 unspecified atom stereocenters. The van der Waals surface area contributed by atoms with Crippen molar-refractivity contribution in [2.24, 2.45) is 14.1 Å². The highest BCUT2D eigenvalue weighted by atomic mass is 19.1. The number of hydrogen-bond acceptors (Lipinski definition) is 6. The average molecular weight is 444 g/mol. The fourth-order valence-electron chi connectivity index (χ4n) is 3.69. The highest BCUT2D eigenvalue weighted by Crippen LogP contribution is 2.34. The second-order valence-corrected chi connectivity index (χ2v) is 7.72. The summed E-state index contributed by atoms with van der Waals surface area (Å²) in [5, 5.41) is 15.0. The first-order valence-electron chi connectivity index (χ1n) is 10.3. The molecule has 0 aliphatic carbocycles. The Morgan fingerprint density at radius 1 is 1.06 bits per heavy atom. The first-order valence-corrected chi connectivity index (χ1v) is 10.3. The Hall–Kier alpha value is -4.34. The van der Waals surface area contributed by atoms with Crippen LogP contribution in [0.4, 0.5) is 4.39 Å². The van der Waals surface area contributed by atoms with Gasteiger partial charge in [-0.1, -0.05) is 5.21 Å². The third-order valence-electron chi connectivity index (χ3n) is 5.29. The van der Waals surface area contributed by atoms with E-state index in [0.717, 1.165) is 33.8 Å². The van der Waals surface area contributed by atoms with E-state index in [1.807, 2.05) is 43.9 Å². The highest BCUT2D eigenvalue weighted by molar-refractivity contribution is 5.79. The summed E-state index contributed by atoms with van der Waals surface area (Å²) in [5.41, 5.74) is 6.25. The van der Waals surface area contributed by atoms with E-state index in [9.17, 15) is 4.39 Å². The second kappa shape index (κ2) is 8.30. The van der Waals surface area contributed by atoms with Crippen LogP contribution in [0.1, 0.15) is 11.3 Å². The van der Waals surface area contributed by atoms with Crippen LogP contribution in [0.15, 0.2) is 55.2 Å². The van der Waals surface area contributed by atoms with E-state index < -0.39 is 5.82 Å². The number of pyridine rings is 1. The molecule has 10 heteroatoms. The lowest BCUT2D eigenvalue weighted by molar-refractivity contribution is 0.290. The number of aromatic nitrogens is 8. The van der Waals surface area contributed by atoms with Crippen molar-refractivity contribution in [1.82, 2.24) is 39.7 Å². The fraction of sp³-hybridized carbons (Fsp3) is 0.174. The van der Waals surface area contributed by atoms with Crippen LogP contribution in [0, 0.1) is 12.7 Å². The van der Waals surface area contributed by atoms with Crippen LogP contribution < -0.4 is 4.74 Å². The molecule has 166 valence electrons. The number of H-pyrrole nitrogens is 1. The lowest BCUT2D eigenvalue weighted by atomic mass is 10.1. The Morgan fingerprint density at radius 3 is 2.70 bits per heavy atom. The summed E-state index contributed by atoms with van der Waals surface area (Å²) in [5.74, 6) is -0.281. The Balaban J connectivity index is 1.51. The summed E-state index contributed by atoms with van der Waals surface area (Å²) in [7, 11) is 3.71. The van der Waals surface area contributed by atoms with Gasteiger partial charge in [0.1, 0.15) is 18.0 Å². The minimum absolute atomic E-state index is 0.156. The summed E-state index contributed by atoms with van der Waals surface area (Å²) in [6.07, 6.45) is 6.94. The molecule has 33 heavy (non-hydrogen) atoms. The molecular formula is C23H21FN8O. The summed E-state index contributed by atoms with van der Waals surface area (Å²) in [4.78, 5) is 9.08. The van der Waals surface area contributed by atoms with Crippen molar-refractivity contribution in [2.45, 2.75) is 13.5 Å². The smallest absolute Gasteiger partial charge is 0.165 e. The Morgan fingerprint density at radius 2 is 1.94 bits per heavy atom. The predicted molar refractivity (Wildman–Crippen MR) is 119 cm³/mol. The predicted octanol–water partition coefficient (Wildman–Crippen LogP) is 3.69. The molecular weight excluding hydrogens is 423 g/mol. The van der Waals surface area contributed by atoms with Gasteiger partial charge in [-0.25, -0.2) is 9.37 Å². The van der Waals surface area contributed by atoms with Crippen molar-refractivity contribution in [3.8, 4) is 39.7 Å². The van der Waals surface area contributed by atoms with Gasteiger partial charge < -0.3 is 9.30 Å². The van der Waals surface area contributed by atoms with E-state index >= 15 is 0 Å². The van der Waals surface area contributed by atoms with Crippen LogP contribution in [-0.4, -0.2) is 39.7 Å². The van der Waals surface area contributed by atoms with Crippen molar-refractivity contribution in [3.63, 3.8) is 0 Å². The van der Waals surface area contributed by atoms with Gasteiger partial charge in [-0.05, 0) is 37.3 Å². The minimum atomic E-state index is -0.437. The average Bonchev–Trinajstić information content (AvgIpc) is 3.53. The van der Waals surface area contributed by atoms with E-state index in [0.29, 0.717) is 11.4 Å². The molecule has 1 aromatic carbocycles. The number of nitrogens with zero attached hydrogens (tertiary/aromatic N) is 7. The lowest BCUT2D eigenvalue weighted by Crippen LogP contribution is -1.99. The standard InChI is InChI=1S/C23H21FN8O/c1-14-21(29-30-28-14)16-6-7-25-19(8-16)22-23(31(2)13-26-22)17-4-5-18(24)20(9-17)33-12-15-10-27-32(3)11-15/h4-11,13H,12H2,1-3H3,(H,28,29,30). The SMILES string of the molecule is Cc1[nH]nnc1-c1ccnc(-c2ncn(C)c2-c2ccc(F)c(OCc3cnn(C)c3)c2)c1. The van der Waals surface area contributed by atoms with E-state index in [4.69, 9.17) is 4.74 Å². The maximum atomic E-state index is 14.5. The molecule has 0 radical (unpaired) electrons. The van der Waals surface area contributed by atoms with Gasteiger partial charge in [-0.15, -0.1) is 5.10 Å². The minimum Gasteiger partial charge on any atom is -0.486 e. The molecule has 0 saturated carbocycles. The zero-order valence-corrected chi connectivity index (χ0v) is 18.3. The Labute approximate surface area is 188 Å². The Kier molecular flexibility index (Phi) is 5.17. The number of aromatic amines is 1. The number of ether oxygens (including phenoxy) is 1. The summed E-state index contributed by atoms with van der Waals surface area (Å²) in [6, 6.07) is 8.57. The van der Waals surface area contributed by atoms with E-state index in [-0.39, 0.29) is 12.4 Å². The lowest BCUT2D eigenvalue weighted by Gasteiger charge is -2.11. The number of halogens is 1. The molecule has 0 amide bonds. The first-order chi connectivity index (χ1) is 16.0. The van der Waals surface area contributed by atoms with Gasteiger partial charge in [-0.3, -0.25) is 14.8 Å². The molecule has 4 aromatic heterocycles. The van der Waals surface area contributed by atoms with Gasteiger partial charge in [0.05, 0.1) is 29.6 Å². The largest absolute Gasteiger partial charge is 0.486 e. The van der Waals surface area contributed by atoms with E-state index in [1.54, 1.807) is 35.5 Å². The summed E-state index contributed by atoms with van der Waals surface area (Å²) < 4.78 is 23.8. The monoisotopic (exact) mass is 444 g/mol. The molecule has 9 nitrogen and oxygen atoms in total. The third-order valence-corrected chi connectivity index (χ3v) is 5.29. The molecule has 0 saturated heterocycles. The summed E-state index contributed by atoms with van der Waals surface area (Å²) in [6.45, 7) is 2.13. The third kappa shape index (κ3) is 3.98. The van der Waals surface area contributed by atoms with Gasteiger partial charge in [0.15, 0.2) is 11.6 Å². The van der Waals surface area contributed by atoms with Crippen molar-refractivity contribution < 1.29 is 9.13 Å². The molecule has 0 aliphatic heterocycles. The molecule has 1 N–H and O–H groups in total. The number of benzene rings is 1. The molecule has 0 aliphatic rings. The highest BCUT2D eigenvalue weighted by Gasteiger charge is 2.18. The number of imidazole rings is 1. The van der Waals surface area contributed by atoms with Crippen molar-refractivity contribution in [1.29, 1.82) is 0 Å². The topological polar surface area (TPSA) is 99.3 Å². The van der Waals surface area contributed by atoms with Gasteiger partial charge in [0.25, 0.3) is 0 Å². The molecule has 5 rings (SSSR count). The molecule has 0 atom stereocenters. The van der Waals surface area contributed by atoms with Gasteiger partial charge in [0, 0.05) is 43.2 Å². The zero-order chi connectivity index (χ0) is 22.9. The van der Waals surface area contributed by atoms with Gasteiger partial charge in [0.2, 0.25) is 0 Å². The van der Waals surface area contributed by atoms with Crippen LogP contribution in [0.3, 0.4) is 0 Å². The van der Waals surface area contributed by atoms with Crippen molar-refractivity contribution in [2.75, 3.05) is 0 Å². The molecule has 5 aromatic rings. The van der Waals surface area contributed by atoms with E-state index in [2.05, 4.69) is 30.5 Å². The van der Waals surface area contributed by atoms with Crippen LogP contribution in [0.2, 0.25) is 0 Å². The summed E-state index contributed by atoms with van der Waals surface area (Å²) >= 11 is 0. The van der Waals surface area contributed by atoms with E-state index in [1.165, 1.54) is 6.07 Å². The van der Waals surface area contributed by atoms with Crippen LogP contribution >= 0.6 is 0 Å². The van der Waals surface area contributed by atoms with Crippen LogP contribution in [0.25, 0.3) is 33.9 Å². The molecule has 0 bridgehead atoms. The molecule has 4 heterocycles. The van der Waals surface area contributed by atoms with Crippen molar-refractivity contribution >= 4 is 0 Å². The maximum Gasteiger partial charge on any atom is 0.165 e. The van der Waals surface area contributed by atoms with Gasteiger partial charge >= 0.3 is 0 Å². The fourth-order valence-corrected chi connectivity index (χ4v) is 3.69. The number of hydrogen-bond donors (Lipinski definition) is 1. The second-order valence-electron chi connectivity index (χ2n) is 7.72. The van der Waals surface area contributed by atoms with Crippen LogP contribution in [-0.2, 0) is 20.7 Å². The van der Waals surface area contributed by atoms with Gasteiger partial charge in [-0.2, -0.15) is 5.10 Å². The number of aryl methyl sites for hydroxylation is 3. The molecule has 0 spiro atoms. The maximum absolute atomic E-state index is 14.5. The number of rotatable bonds is 6. The Bertz CT molecular complexity index is 1430.